The van der Waals surface area contributed by atoms with Crippen molar-refractivity contribution >= 4 is 17.2 Å². The van der Waals surface area contributed by atoms with E-state index in [1.165, 1.54) is 12.1 Å². The molecule has 3 aromatic heterocycles. The number of halogens is 1. The van der Waals surface area contributed by atoms with Gasteiger partial charge in [-0.05, 0) is 66.9 Å². The number of nitrogens with zero attached hydrogens (tertiary/aromatic N) is 4. The molecular formula is C25H24FN5O. The lowest BCUT2D eigenvalue weighted by Crippen LogP contribution is -2.27. The minimum absolute atomic E-state index is 0.256. The van der Waals surface area contributed by atoms with Crippen LogP contribution >= 0.6 is 0 Å². The van der Waals surface area contributed by atoms with Crippen LogP contribution in [0.3, 0.4) is 0 Å². The molecule has 1 N–H and O–H groups in total. The fourth-order valence-electron chi connectivity index (χ4n) is 4.20. The number of hydrogen-bond donors (Lipinski definition) is 1. The Labute approximate surface area is 185 Å². The van der Waals surface area contributed by atoms with E-state index in [4.69, 9.17) is 5.10 Å². The minimum Gasteiger partial charge on any atom is -0.370 e. The van der Waals surface area contributed by atoms with Gasteiger partial charge in [0.25, 0.3) is 0 Å². The van der Waals surface area contributed by atoms with Gasteiger partial charge in [0.2, 0.25) is 5.91 Å². The number of pyridine rings is 2. The third-order valence-electron chi connectivity index (χ3n) is 5.79. The maximum absolute atomic E-state index is 13.5. The number of carbonyl (C=O) groups is 1. The molecule has 0 atom stereocenters. The normalized spacial score (nSPS) is 13.8. The summed E-state index contributed by atoms with van der Waals surface area (Å²) in [7, 11) is 0. The van der Waals surface area contributed by atoms with Crippen molar-refractivity contribution in [1.82, 2.24) is 19.5 Å². The summed E-state index contributed by atoms with van der Waals surface area (Å²) >= 11 is 0. The second kappa shape index (κ2) is 8.78. The second-order valence-corrected chi connectivity index (χ2v) is 7.96. The third-order valence-corrected chi connectivity index (χ3v) is 5.79. The van der Waals surface area contributed by atoms with Crippen molar-refractivity contribution in [3.8, 4) is 22.4 Å². The maximum Gasteiger partial charge on any atom is 0.222 e. The molecule has 1 amide bonds. The van der Waals surface area contributed by atoms with Gasteiger partial charge in [0.05, 0.1) is 5.52 Å². The zero-order chi connectivity index (χ0) is 21.9. The zero-order valence-electron chi connectivity index (χ0n) is 17.7. The Morgan fingerprint density at radius 1 is 1.06 bits per heavy atom. The SMILES string of the molecule is O=C1CCCN1CCCNc1cc(-c2c(-c3ccc(F)cc3)nn3ccccc23)ccn1. The summed E-state index contributed by atoms with van der Waals surface area (Å²) in [5, 5.41) is 8.14. The fourth-order valence-corrected chi connectivity index (χ4v) is 4.20. The Morgan fingerprint density at radius 3 is 2.75 bits per heavy atom. The van der Waals surface area contributed by atoms with E-state index in [9.17, 15) is 9.18 Å². The summed E-state index contributed by atoms with van der Waals surface area (Å²) in [6, 6.07) is 16.3. The monoisotopic (exact) mass is 429 g/mol. The van der Waals surface area contributed by atoms with Crippen molar-refractivity contribution in [2.45, 2.75) is 19.3 Å². The maximum atomic E-state index is 13.5. The van der Waals surface area contributed by atoms with E-state index in [1.807, 2.05) is 45.9 Å². The van der Waals surface area contributed by atoms with Gasteiger partial charge in [-0.15, -0.1) is 0 Å². The average Bonchev–Trinajstić information content (AvgIpc) is 3.41. The molecule has 0 unspecified atom stereocenters. The zero-order valence-corrected chi connectivity index (χ0v) is 17.7. The highest BCUT2D eigenvalue weighted by molar-refractivity contribution is 5.92. The van der Waals surface area contributed by atoms with Gasteiger partial charge in [-0.25, -0.2) is 13.9 Å². The number of hydrogen-bond acceptors (Lipinski definition) is 4. The molecule has 0 bridgehead atoms. The molecule has 7 heteroatoms. The topological polar surface area (TPSA) is 62.5 Å². The van der Waals surface area contributed by atoms with Crippen molar-refractivity contribution in [3.05, 3.63) is 72.8 Å². The van der Waals surface area contributed by atoms with Gasteiger partial charge < -0.3 is 10.2 Å². The van der Waals surface area contributed by atoms with Crippen LogP contribution in [-0.2, 0) is 4.79 Å². The van der Waals surface area contributed by atoms with Crippen LogP contribution in [0.15, 0.2) is 67.0 Å². The number of anilines is 1. The molecule has 4 aromatic rings. The van der Waals surface area contributed by atoms with Gasteiger partial charge in [-0.1, -0.05) is 6.07 Å². The third kappa shape index (κ3) is 4.06. The summed E-state index contributed by atoms with van der Waals surface area (Å²) < 4.78 is 15.3. The Hall–Kier alpha value is -3.74. The highest BCUT2D eigenvalue weighted by Gasteiger charge is 2.19. The molecule has 0 saturated carbocycles. The Kier molecular flexibility index (Phi) is 5.54. The first-order valence-corrected chi connectivity index (χ1v) is 10.9. The van der Waals surface area contributed by atoms with Crippen molar-refractivity contribution in [1.29, 1.82) is 0 Å². The molecule has 0 spiro atoms. The summed E-state index contributed by atoms with van der Waals surface area (Å²) in [5.41, 5.74) is 4.58. The average molecular weight is 429 g/mol. The van der Waals surface area contributed by atoms with E-state index in [-0.39, 0.29) is 11.7 Å². The minimum atomic E-state index is -0.273. The molecule has 1 aliphatic heterocycles. The number of rotatable bonds is 7. The molecule has 1 aromatic carbocycles. The Morgan fingerprint density at radius 2 is 1.94 bits per heavy atom. The molecule has 1 saturated heterocycles. The van der Waals surface area contributed by atoms with Gasteiger partial charge in [-0.2, -0.15) is 5.10 Å². The van der Waals surface area contributed by atoms with Gasteiger partial charge in [0, 0.05) is 49.6 Å². The number of amides is 1. The van der Waals surface area contributed by atoms with Gasteiger partial charge in [0.15, 0.2) is 0 Å². The van der Waals surface area contributed by atoms with Crippen LogP contribution in [-0.4, -0.2) is 45.0 Å². The quantitative estimate of drug-likeness (QED) is 0.435. The number of carbonyl (C=O) groups excluding carboxylic acids is 1. The lowest BCUT2D eigenvalue weighted by Gasteiger charge is -2.15. The van der Waals surface area contributed by atoms with Crippen LogP contribution in [0.4, 0.5) is 10.2 Å². The van der Waals surface area contributed by atoms with Crippen LogP contribution < -0.4 is 5.32 Å². The lowest BCUT2D eigenvalue weighted by atomic mass is 10.0. The van der Waals surface area contributed by atoms with Crippen LogP contribution in [0.1, 0.15) is 19.3 Å². The summed E-state index contributed by atoms with van der Waals surface area (Å²) in [6.07, 6.45) is 6.20. The molecule has 1 aliphatic rings. The van der Waals surface area contributed by atoms with Crippen LogP contribution in [0.2, 0.25) is 0 Å². The first-order valence-electron chi connectivity index (χ1n) is 10.9. The number of likely N-dealkylation sites (tertiary alicyclic amines) is 1. The predicted octanol–water partition coefficient (Wildman–Crippen LogP) is 4.63. The molecular weight excluding hydrogens is 405 g/mol. The van der Waals surface area contributed by atoms with Gasteiger partial charge >= 0.3 is 0 Å². The lowest BCUT2D eigenvalue weighted by molar-refractivity contribution is -0.127. The van der Waals surface area contributed by atoms with E-state index in [2.05, 4.69) is 10.3 Å². The van der Waals surface area contributed by atoms with Crippen molar-refractivity contribution in [3.63, 3.8) is 0 Å². The molecule has 0 aliphatic carbocycles. The van der Waals surface area contributed by atoms with Crippen molar-refractivity contribution in [2.24, 2.45) is 0 Å². The predicted molar refractivity (Wildman–Crippen MR) is 123 cm³/mol. The van der Waals surface area contributed by atoms with E-state index >= 15 is 0 Å². The highest BCUT2D eigenvalue weighted by atomic mass is 19.1. The molecule has 162 valence electrons. The van der Waals surface area contributed by atoms with Crippen molar-refractivity contribution in [2.75, 3.05) is 25.0 Å². The second-order valence-electron chi connectivity index (χ2n) is 7.96. The summed E-state index contributed by atoms with van der Waals surface area (Å²) in [5.74, 6) is 0.757. The van der Waals surface area contributed by atoms with E-state index < -0.39 is 0 Å². The highest BCUT2D eigenvalue weighted by Crippen LogP contribution is 2.35. The fraction of sp³-hybridized carbons (Fsp3) is 0.240. The van der Waals surface area contributed by atoms with Gasteiger partial charge in [0.1, 0.15) is 17.3 Å². The standard InChI is InChI=1S/C25H24FN5O/c26-20-9-7-18(8-10-20)25-24(21-5-1-2-16-31(21)29-25)19-11-13-28-22(17-19)27-12-4-15-30-14-3-6-23(30)32/h1-2,5,7-11,13,16-17H,3-4,6,12,14-15H2,(H,27,28). The van der Waals surface area contributed by atoms with Gasteiger partial charge in [-0.3, -0.25) is 4.79 Å². The number of benzene rings is 1. The Balaban J connectivity index is 1.41. The van der Waals surface area contributed by atoms with Crippen LogP contribution in [0, 0.1) is 5.82 Å². The smallest absolute Gasteiger partial charge is 0.222 e. The molecule has 32 heavy (non-hydrogen) atoms. The molecule has 0 radical (unpaired) electrons. The Bertz CT molecular complexity index is 1250. The van der Waals surface area contributed by atoms with E-state index in [0.29, 0.717) is 6.42 Å². The largest absolute Gasteiger partial charge is 0.370 e. The number of fused-ring (bicyclic) bond motifs is 1. The molecule has 4 heterocycles. The van der Waals surface area contributed by atoms with Crippen LogP contribution in [0.25, 0.3) is 27.9 Å². The van der Waals surface area contributed by atoms with E-state index in [0.717, 1.165) is 66.2 Å². The summed E-state index contributed by atoms with van der Waals surface area (Å²) in [6.45, 7) is 2.38. The first kappa shape index (κ1) is 20.2. The van der Waals surface area contributed by atoms with E-state index in [1.54, 1.807) is 18.3 Å². The molecule has 5 rings (SSSR count). The molecule has 6 nitrogen and oxygen atoms in total. The van der Waals surface area contributed by atoms with Crippen LogP contribution in [0.5, 0.6) is 0 Å². The number of nitrogens with one attached hydrogen (secondary N) is 1. The number of aromatic nitrogens is 3. The molecule has 1 fully saturated rings. The first-order chi connectivity index (χ1) is 15.7. The van der Waals surface area contributed by atoms with Crippen molar-refractivity contribution < 1.29 is 9.18 Å². The summed E-state index contributed by atoms with van der Waals surface area (Å²) in [4.78, 5) is 18.1.